The molecule has 2 amide bonds. The number of hydrogen-bond donors (Lipinski definition) is 1. The summed E-state index contributed by atoms with van der Waals surface area (Å²) in [6.45, 7) is 3.86. The number of carbonyl (C=O) groups excluding carboxylic acids is 2. The van der Waals surface area contributed by atoms with E-state index >= 15 is 0 Å². The maximum absolute atomic E-state index is 12.4. The van der Waals surface area contributed by atoms with Gasteiger partial charge in [0, 0.05) is 11.9 Å². The van der Waals surface area contributed by atoms with Crippen LogP contribution in [0.2, 0.25) is 0 Å². The third-order valence-corrected chi connectivity index (χ3v) is 6.21. The standard InChI is InChI=1S/C18H19N3O2S2/c1-11-8-9-15(24-11)17(23)19-10-16(22)21(3)12(2)18-20-13-6-4-5-7-14(13)25-18/h4-9,12H,10H2,1-3H3,(H,19,23)/t12-/m1/s1. The molecular formula is C18H19N3O2S2. The van der Waals surface area contributed by atoms with Crippen molar-refractivity contribution < 1.29 is 9.59 Å². The summed E-state index contributed by atoms with van der Waals surface area (Å²) in [4.78, 5) is 32.4. The van der Waals surface area contributed by atoms with Crippen molar-refractivity contribution >= 4 is 44.7 Å². The highest BCUT2D eigenvalue weighted by atomic mass is 32.1. The first-order chi connectivity index (χ1) is 12.0. The number of para-hydroxylation sites is 1. The van der Waals surface area contributed by atoms with E-state index in [-0.39, 0.29) is 24.4 Å². The molecule has 2 heterocycles. The number of likely N-dealkylation sites (N-methyl/N-ethyl adjacent to an activating group) is 1. The Balaban J connectivity index is 1.62. The molecule has 0 saturated heterocycles. The molecule has 0 fully saturated rings. The molecule has 3 aromatic rings. The second kappa shape index (κ2) is 7.33. The Kier molecular flexibility index (Phi) is 5.15. The molecule has 0 bridgehead atoms. The Morgan fingerprint density at radius 1 is 1.20 bits per heavy atom. The van der Waals surface area contributed by atoms with Crippen LogP contribution in [0.4, 0.5) is 0 Å². The van der Waals surface area contributed by atoms with Crippen molar-refractivity contribution in [3.63, 3.8) is 0 Å². The highest BCUT2D eigenvalue weighted by molar-refractivity contribution is 7.18. The minimum absolute atomic E-state index is 0.0263. The third-order valence-electron chi connectivity index (χ3n) is 4.01. The van der Waals surface area contributed by atoms with E-state index in [4.69, 9.17) is 0 Å². The first-order valence-corrected chi connectivity index (χ1v) is 9.55. The van der Waals surface area contributed by atoms with Gasteiger partial charge in [-0.1, -0.05) is 12.1 Å². The molecule has 0 unspecified atom stereocenters. The number of aromatic nitrogens is 1. The number of carbonyl (C=O) groups is 2. The van der Waals surface area contributed by atoms with E-state index in [2.05, 4.69) is 10.3 Å². The molecule has 1 atom stereocenters. The number of nitrogens with zero attached hydrogens (tertiary/aromatic N) is 2. The highest BCUT2D eigenvalue weighted by Crippen LogP contribution is 2.28. The van der Waals surface area contributed by atoms with Crippen molar-refractivity contribution in [2.24, 2.45) is 0 Å². The lowest BCUT2D eigenvalue weighted by atomic mass is 10.3. The summed E-state index contributed by atoms with van der Waals surface area (Å²) in [5, 5.41) is 3.58. The van der Waals surface area contributed by atoms with E-state index in [0.29, 0.717) is 4.88 Å². The summed E-state index contributed by atoms with van der Waals surface area (Å²) in [6.07, 6.45) is 0. The van der Waals surface area contributed by atoms with E-state index in [1.54, 1.807) is 29.4 Å². The van der Waals surface area contributed by atoms with Gasteiger partial charge < -0.3 is 10.2 Å². The number of rotatable bonds is 5. The van der Waals surface area contributed by atoms with Crippen LogP contribution in [0.3, 0.4) is 0 Å². The van der Waals surface area contributed by atoms with Gasteiger partial charge in [0.2, 0.25) is 5.91 Å². The Morgan fingerprint density at radius 2 is 1.96 bits per heavy atom. The van der Waals surface area contributed by atoms with Gasteiger partial charge in [0.05, 0.1) is 27.7 Å². The first kappa shape index (κ1) is 17.6. The van der Waals surface area contributed by atoms with E-state index < -0.39 is 0 Å². The van der Waals surface area contributed by atoms with Crippen LogP contribution in [0.5, 0.6) is 0 Å². The van der Waals surface area contributed by atoms with Crippen LogP contribution in [0.15, 0.2) is 36.4 Å². The maximum Gasteiger partial charge on any atom is 0.261 e. The minimum atomic E-state index is -0.215. The molecule has 5 nitrogen and oxygen atoms in total. The second-order valence-corrected chi connectivity index (χ2v) is 8.14. The van der Waals surface area contributed by atoms with E-state index in [1.807, 2.05) is 44.2 Å². The molecule has 0 aliphatic rings. The molecule has 7 heteroatoms. The van der Waals surface area contributed by atoms with Crippen LogP contribution in [0.25, 0.3) is 10.2 Å². The summed E-state index contributed by atoms with van der Waals surface area (Å²) in [6, 6.07) is 11.4. The van der Waals surface area contributed by atoms with Gasteiger partial charge in [-0.05, 0) is 38.1 Å². The number of fused-ring (bicyclic) bond motifs is 1. The lowest BCUT2D eigenvalue weighted by molar-refractivity contribution is -0.130. The van der Waals surface area contributed by atoms with Crippen LogP contribution in [0.1, 0.15) is 32.5 Å². The van der Waals surface area contributed by atoms with Gasteiger partial charge in [0.1, 0.15) is 5.01 Å². The smallest absolute Gasteiger partial charge is 0.261 e. The van der Waals surface area contributed by atoms with Gasteiger partial charge in [-0.25, -0.2) is 4.98 Å². The Bertz CT molecular complexity index is 883. The number of hydrogen-bond acceptors (Lipinski definition) is 5. The molecule has 0 radical (unpaired) electrons. The largest absolute Gasteiger partial charge is 0.342 e. The van der Waals surface area contributed by atoms with Crippen molar-refractivity contribution in [2.75, 3.05) is 13.6 Å². The fourth-order valence-corrected chi connectivity index (χ4v) is 4.22. The normalized spacial score (nSPS) is 12.1. The number of benzene rings is 1. The van der Waals surface area contributed by atoms with E-state index in [1.165, 1.54) is 11.3 Å². The molecule has 0 aliphatic heterocycles. The van der Waals surface area contributed by atoms with Gasteiger partial charge in [-0.2, -0.15) is 0 Å². The average molecular weight is 374 g/mol. The molecule has 0 saturated carbocycles. The van der Waals surface area contributed by atoms with Crippen LogP contribution >= 0.6 is 22.7 Å². The summed E-state index contributed by atoms with van der Waals surface area (Å²) in [5.74, 6) is -0.360. The summed E-state index contributed by atoms with van der Waals surface area (Å²) < 4.78 is 1.10. The number of amides is 2. The van der Waals surface area contributed by atoms with Gasteiger partial charge in [-0.15, -0.1) is 22.7 Å². The zero-order chi connectivity index (χ0) is 18.0. The van der Waals surface area contributed by atoms with E-state index in [9.17, 15) is 9.59 Å². The average Bonchev–Trinajstić information content (AvgIpc) is 3.24. The monoisotopic (exact) mass is 373 g/mol. The zero-order valence-electron chi connectivity index (χ0n) is 14.3. The predicted molar refractivity (Wildman–Crippen MR) is 102 cm³/mol. The Labute approximate surface area is 154 Å². The van der Waals surface area contributed by atoms with Crippen molar-refractivity contribution in [1.29, 1.82) is 0 Å². The summed E-state index contributed by atoms with van der Waals surface area (Å²) >= 11 is 3.00. The lowest BCUT2D eigenvalue weighted by Crippen LogP contribution is -2.39. The number of thiophene rings is 1. The van der Waals surface area contributed by atoms with Gasteiger partial charge >= 0.3 is 0 Å². The predicted octanol–water partition coefficient (Wildman–Crippen LogP) is 3.62. The van der Waals surface area contributed by atoms with Crippen molar-refractivity contribution in [2.45, 2.75) is 19.9 Å². The molecule has 25 heavy (non-hydrogen) atoms. The zero-order valence-corrected chi connectivity index (χ0v) is 15.9. The number of nitrogens with one attached hydrogen (secondary N) is 1. The lowest BCUT2D eigenvalue weighted by Gasteiger charge is -2.23. The third kappa shape index (κ3) is 3.88. The van der Waals surface area contributed by atoms with Crippen molar-refractivity contribution in [3.8, 4) is 0 Å². The molecular weight excluding hydrogens is 354 g/mol. The molecule has 0 spiro atoms. The fraction of sp³-hybridized carbons (Fsp3) is 0.278. The Morgan fingerprint density at radius 3 is 2.64 bits per heavy atom. The molecule has 2 aromatic heterocycles. The number of thiazole rings is 1. The van der Waals surface area contributed by atoms with Gasteiger partial charge in [-0.3, -0.25) is 9.59 Å². The van der Waals surface area contributed by atoms with E-state index in [0.717, 1.165) is 20.1 Å². The highest BCUT2D eigenvalue weighted by Gasteiger charge is 2.21. The molecule has 0 aliphatic carbocycles. The van der Waals surface area contributed by atoms with Crippen molar-refractivity contribution in [3.05, 3.63) is 51.2 Å². The maximum atomic E-state index is 12.4. The van der Waals surface area contributed by atoms with Crippen LogP contribution < -0.4 is 5.32 Å². The fourth-order valence-electron chi connectivity index (χ4n) is 2.37. The topological polar surface area (TPSA) is 62.3 Å². The van der Waals surface area contributed by atoms with Crippen molar-refractivity contribution in [1.82, 2.24) is 15.2 Å². The second-order valence-electron chi connectivity index (χ2n) is 5.79. The van der Waals surface area contributed by atoms with Gasteiger partial charge in [0.15, 0.2) is 0 Å². The van der Waals surface area contributed by atoms with Gasteiger partial charge in [0.25, 0.3) is 5.91 Å². The Hall–Kier alpha value is -2.25. The van der Waals surface area contributed by atoms with Crippen LogP contribution in [-0.4, -0.2) is 35.3 Å². The molecule has 1 aromatic carbocycles. The van der Waals surface area contributed by atoms with Crippen LogP contribution in [-0.2, 0) is 4.79 Å². The quantitative estimate of drug-likeness (QED) is 0.743. The summed E-state index contributed by atoms with van der Waals surface area (Å²) in [7, 11) is 1.74. The molecule has 1 N–H and O–H groups in total. The number of aryl methyl sites for hydroxylation is 1. The first-order valence-electron chi connectivity index (χ1n) is 7.91. The molecule has 3 rings (SSSR count). The summed E-state index contributed by atoms with van der Waals surface area (Å²) in [5.41, 5.74) is 0.941. The van der Waals surface area contributed by atoms with Crippen LogP contribution in [0, 0.1) is 6.92 Å². The minimum Gasteiger partial charge on any atom is -0.342 e. The molecule has 130 valence electrons. The SMILES string of the molecule is Cc1ccc(C(=O)NCC(=O)N(C)[C@H](C)c2nc3ccccc3s2)s1.